The summed E-state index contributed by atoms with van der Waals surface area (Å²) in [6, 6.07) is 13.7. The molecule has 1 aliphatic carbocycles. The number of ketones is 2. The van der Waals surface area contributed by atoms with Crippen LogP contribution in [0.5, 0.6) is 0 Å². The fourth-order valence-electron chi connectivity index (χ4n) is 4.32. The van der Waals surface area contributed by atoms with Crippen molar-refractivity contribution in [2.24, 2.45) is 0 Å². The Hall–Kier alpha value is -3.04. The van der Waals surface area contributed by atoms with Gasteiger partial charge in [-0.3, -0.25) is 9.59 Å². The number of carbonyl (C=O) groups excluding carboxylic acids is 2. The van der Waals surface area contributed by atoms with Gasteiger partial charge in [0.25, 0.3) is 0 Å². The van der Waals surface area contributed by atoms with E-state index in [0.29, 0.717) is 46.1 Å². The molecule has 0 spiro atoms. The van der Waals surface area contributed by atoms with Gasteiger partial charge in [0.1, 0.15) is 5.76 Å². The molecule has 1 aliphatic heterocycles. The number of thioether (sulfide) groups is 1. The van der Waals surface area contributed by atoms with Crippen LogP contribution in [0.25, 0.3) is 0 Å². The van der Waals surface area contributed by atoms with Crippen LogP contribution in [0.3, 0.4) is 0 Å². The Kier molecular flexibility index (Phi) is 6.62. The van der Waals surface area contributed by atoms with Crippen molar-refractivity contribution in [3.63, 3.8) is 0 Å². The van der Waals surface area contributed by atoms with Crippen LogP contribution in [-0.2, 0) is 10.2 Å². The molecule has 6 heteroatoms. The average molecular weight is 461 g/mol. The molecule has 170 valence electrons. The molecule has 2 aromatic rings. The standard InChI is InChI=1S/C27H28N2O3S/c1-27(2,3)18-11-9-17(10-12-18)21(30)13-15-33-26-19(16-28)24(23-8-5-14-32-23)25-20(29-26)6-4-7-22(25)31/h5,8-12,14,24,29H,4,6-7,13,15H2,1-3H3. The first-order valence-electron chi connectivity index (χ1n) is 11.3. The van der Waals surface area contributed by atoms with Gasteiger partial charge in [-0.25, -0.2) is 0 Å². The first-order valence-corrected chi connectivity index (χ1v) is 12.3. The number of Topliss-reactive ketones (excluding diaryl/α,β-unsaturated/α-hetero) is 2. The molecule has 1 N–H and O–H groups in total. The lowest BCUT2D eigenvalue weighted by molar-refractivity contribution is -0.116. The number of carbonyl (C=O) groups is 2. The van der Waals surface area contributed by atoms with E-state index >= 15 is 0 Å². The van der Waals surface area contributed by atoms with Crippen molar-refractivity contribution in [1.29, 1.82) is 5.26 Å². The third-order valence-corrected chi connectivity index (χ3v) is 7.16. The molecule has 0 radical (unpaired) electrons. The van der Waals surface area contributed by atoms with Crippen LogP contribution in [0.15, 0.2) is 69.0 Å². The number of nitrogens with zero attached hydrogens (tertiary/aromatic N) is 1. The van der Waals surface area contributed by atoms with Gasteiger partial charge >= 0.3 is 0 Å². The van der Waals surface area contributed by atoms with E-state index in [1.807, 2.05) is 30.3 Å². The zero-order valence-corrected chi connectivity index (χ0v) is 20.1. The second-order valence-electron chi connectivity index (χ2n) is 9.45. The number of hydrogen-bond acceptors (Lipinski definition) is 6. The molecule has 2 heterocycles. The highest BCUT2D eigenvalue weighted by Crippen LogP contribution is 2.44. The van der Waals surface area contributed by atoms with E-state index in [4.69, 9.17) is 4.42 Å². The average Bonchev–Trinajstić information content (AvgIpc) is 3.32. The molecule has 1 unspecified atom stereocenters. The molecule has 0 amide bonds. The Morgan fingerprint density at radius 1 is 1.21 bits per heavy atom. The van der Waals surface area contributed by atoms with Crippen molar-refractivity contribution >= 4 is 23.3 Å². The molecular weight excluding hydrogens is 432 g/mol. The highest BCUT2D eigenvalue weighted by atomic mass is 32.2. The minimum Gasteiger partial charge on any atom is -0.468 e. The highest BCUT2D eigenvalue weighted by molar-refractivity contribution is 8.03. The molecular formula is C27H28N2O3S. The Bertz CT molecular complexity index is 1160. The van der Waals surface area contributed by atoms with E-state index < -0.39 is 5.92 Å². The minimum atomic E-state index is -0.489. The van der Waals surface area contributed by atoms with E-state index in [-0.39, 0.29) is 17.0 Å². The summed E-state index contributed by atoms with van der Waals surface area (Å²) in [5.41, 5.74) is 3.93. The van der Waals surface area contributed by atoms with E-state index in [1.165, 1.54) is 17.3 Å². The molecule has 1 aromatic carbocycles. The summed E-state index contributed by atoms with van der Waals surface area (Å²) in [6.07, 6.45) is 3.97. The minimum absolute atomic E-state index is 0.0445. The van der Waals surface area contributed by atoms with Crippen LogP contribution in [0.4, 0.5) is 0 Å². The van der Waals surface area contributed by atoms with Crippen LogP contribution >= 0.6 is 11.8 Å². The first-order chi connectivity index (χ1) is 15.8. The number of nitrogens with one attached hydrogen (secondary N) is 1. The zero-order valence-electron chi connectivity index (χ0n) is 19.2. The second kappa shape index (κ2) is 9.44. The molecule has 5 nitrogen and oxygen atoms in total. The van der Waals surface area contributed by atoms with Gasteiger partial charge in [-0.05, 0) is 36.0 Å². The fraction of sp³-hybridized carbons (Fsp3) is 0.370. The van der Waals surface area contributed by atoms with Gasteiger partial charge in [-0.1, -0.05) is 45.0 Å². The molecule has 1 atom stereocenters. The van der Waals surface area contributed by atoms with Crippen molar-refractivity contribution in [2.45, 2.75) is 57.8 Å². The normalized spacial score (nSPS) is 18.6. The maximum absolute atomic E-state index is 12.7. The summed E-state index contributed by atoms with van der Waals surface area (Å²) >= 11 is 1.46. The molecule has 0 saturated heterocycles. The molecule has 1 aromatic heterocycles. The zero-order chi connectivity index (χ0) is 23.6. The molecule has 0 bridgehead atoms. The van der Waals surface area contributed by atoms with Crippen molar-refractivity contribution in [3.8, 4) is 6.07 Å². The lowest BCUT2D eigenvalue weighted by Gasteiger charge is -2.32. The van der Waals surface area contributed by atoms with Crippen molar-refractivity contribution in [1.82, 2.24) is 5.32 Å². The smallest absolute Gasteiger partial charge is 0.163 e. The van der Waals surface area contributed by atoms with Gasteiger partial charge in [0.15, 0.2) is 11.6 Å². The quantitative estimate of drug-likeness (QED) is 0.531. The van der Waals surface area contributed by atoms with Crippen molar-refractivity contribution < 1.29 is 14.0 Å². The predicted octanol–water partition coefficient (Wildman–Crippen LogP) is 6.01. The number of allylic oxidation sites excluding steroid dienone is 3. The summed E-state index contributed by atoms with van der Waals surface area (Å²) < 4.78 is 5.62. The first kappa shape index (κ1) is 23.1. The Morgan fingerprint density at radius 2 is 1.97 bits per heavy atom. The maximum Gasteiger partial charge on any atom is 0.163 e. The maximum atomic E-state index is 12.7. The van der Waals surface area contributed by atoms with Crippen LogP contribution in [0, 0.1) is 11.3 Å². The number of hydrogen-bond donors (Lipinski definition) is 1. The van der Waals surface area contributed by atoms with Crippen molar-refractivity contribution in [2.75, 3.05) is 5.75 Å². The largest absolute Gasteiger partial charge is 0.468 e. The molecule has 2 aliphatic rings. The fourth-order valence-corrected chi connectivity index (χ4v) is 5.33. The van der Waals surface area contributed by atoms with E-state index in [9.17, 15) is 14.9 Å². The summed E-state index contributed by atoms with van der Waals surface area (Å²) in [5.74, 6) is 0.791. The number of furan rings is 1. The molecule has 4 rings (SSSR count). The van der Waals surface area contributed by atoms with Gasteiger partial charge in [0.05, 0.1) is 28.9 Å². The SMILES string of the molecule is CC(C)(C)c1ccc(C(=O)CCSC2=C(C#N)C(c3ccco3)C3=C(CCCC3=O)N2)cc1. The molecule has 0 fully saturated rings. The Morgan fingerprint density at radius 3 is 2.61 bits per heavy atom. The Balaban J connectivity index is 1.50. The third kappa shape index (κ3) is 4.84. The third-order valence-electron chi connectivity index (χ3n) is 6.14. The van der Waals surface area contributed by atoms with E-state index in [2.05, 4.69) is 32.2 Å². The summed E-state index contributed by atoms with van der Waals surface area (Å²) in [4.78, 5) is 25.5. The second-order valence-corrected chi connectivity index (χ2v) is 10.6. The highest BCUT2D eigenvalue weighted by Gasteiger charge is 2.38. The predicted molar refractivity (Wildman–Crippen MR) is 130 cm³/mol. The number of benzene rings is 1. The summed E-state index contributed by atoms with van der Waals surface area (Å²) in [5, 5.41) is 14.0. The Labute approximate surface area is 198 Å². The van der Waals surface area contributed by atoms with Crippen LogP contribution in [0.1, 0.15) is 74.1 Å². The van der Waals surface area contributed by atoms with E-state index in [1.54, 1.807) is 12.3 Å². The van der Waals surface area contributed by atoms with Gasteiger partial charge in [-0.2, -0.15) is 5.26 Å². The lowest BCUT2D eigenvalue weighted by atomic mass is 9.79. The van der Waals surface area contributed by atoms with Crippen molar-refractivity contribution in [3.05, 3.63) is 81.4 Å². The van der Waals surface area contributed by atoms with Gasteiger partial charge in [-0.15, -0.1) is 11.8 Å². The van der Waals surface area contributed by atoms with Crippen LogP contribution in [0.2, 0.25) is 0 Å². The number of rotatable bonds is 6. The molecule has 0 saturated carbocycles. The monoisotopic (exact) mass is 460 g/mol. The van der Waals surface area contributed by atoms with Crippen LogP contribution in [-0.4, -0.2) is 17.3 Å². The van der Waals surface area contributed by atoms with Gasteiger partial charge in [0, 0.05) is 35.4 Å². The van der Waals surface area contributed by atoms with Gasteiger partial charge < -0.3 is 9.73 Å². The van der Waals surface area contributed by atoms with E-state index in [0.717, 1.165) is 18.5 Å². The summed E-state index contributed by atoms with van der Waals surface area (Å²) in [7, 11) is 0. The topological polar surface area (TPSA) is 83.1 Å². The number of nitriles is 1. The molecule has 33 heavy (non-hydrogen) atoms. The lowest BCUT2D eigenvalue weighted by Crippen LogP contribution is -2.31. The van der Waals surface area contributed by atoms with Crippen LogP contribution < -0.4 is 5.32 Å². The number of dihydropyridines is 1. The summed E-state index contributed by atoms with van der Waals surface area (Å²) in [6.45, 7) is 6.44. The van der Waals surface area contributed by atoms with Gasteiger partial charge in [0.2, 0.25) is 0 Å².